The van der Waals surface area contributed by atoms with E-state index >= 15 is 0 Å². The van der Waals surface area contributed by atoms with Crippen LogP contribution in [0.15, 0.2) is 267 Å². The summed E-state index contributed by atoms with van der Waals surface area (Å²) in [5.74, 6) is 0. The van der Waals surface area contributed by atoms with Gasteiger partial charge in [0.2, 0.25) is 0 Å². The molecular formula is C86H65BN6. The Balaban J connectivity index is 1.03. The third kappa shape index (κ3) is 7.71. The van der Waals surface area contributed by atoms with Gasteiger partial charge in [-0.2, -0.15) is 0 Å². The first-order valence-corrected chi connectivity index (χ1v) is 31.4. The van der Waals surface area contributed by atoms with Crippen LogP contribution in [0.1, 0.15) is 70.5 Å². The molecule has 0 radical (unpaired) electrons. The van der Waals surface area contributed by atoms with Crippen molar-refractivity contribution in [1.29, 1.82) is 0 Å². The van der Waals surface area contributed by atoms with Gasteiger partial charge in [-0.25, -0.2) is 0 Å². The Kier molecular flexibility index (Phi) is 8.39. The molecule has 0 atom stereocenters. The zero-order valence-electron chi connectivity index (χ0n) is 67.9. The molecule has 0 N–H and O–H groups in total. The maximum Gasteiger partial charge on any atom is 0.252 e. The van der Waals surface area contributed by atoms with Crippen LogP contribution in [0.25, 0.3) is 110 Å². The highest BCUT2D eigenvalue weighted by Gasteiger charge is 2.46. The molecule has 0 spiro atoms. The van der Waals surface area contributed by atoms with Gasteiger partial charge in [-0.15, -0.1) is 0 Å². The molecule has 93 heavy (non-hydrogen) atoms. The van der Waals surface area contributed by atoms with E-state index in [1.807, 2.05) is 72.8 Å². The highest BCUT2D eigenvalue weighted by molar-refractivity contribution is 7.00. The number of fused-ring (bicyclic) bond motifs is 16. The number of aryl methyl sites for hydroxylation is 4. The summed E-state index contributed by atoms with van der Waals surface area (Å²) in [5, 5.41) is 3.73. The first-order valence-electron chi connectivity index (χ1n) is 39.4. The van der Waals surface area contributed by atoms with Crippen molar-refractivity contribution in [1.82, 2.24) is 18.3 Å². The van der Waals surface area contributed by atoms with Crippen LogP contribution in [-0.2, 0) is 5.41 Å². The van der Waals surface area contributed by atoms with Crippen LogP contribution in [0.2, 0.25) is 0 Å². The molecule has 19 rings (SSSR count). The second kappa shape index (κ2) is 19.6. The van der Waals surface area contributed by atoms with Crippen LogP contribution in [0, 0.1) is 27.7 Å². The number of rotatable bonds is 6. The summed E-state index contributed by atoms with van der Waals surface area (Å²) < 4.78 is 158. The van der Waals surface area contributed by atoms with Crippen molar-refractivity contribution in [3.63, 3.8) is 0 Å². The standard InChI is InChI=1S/C86H65BN6/c1-52-34-40-75-65(42-52)67-44-54(3)46-81(84(67)90(75)57-22-10-8-11-23-57)92-77-50-59(88-71-30-18-14-26-61(71)62-27-15-19-31-72(62)88)36-38-69(77)87-70-39-37-60(89-73-32-20-16-28-63(73)64-29-17-21-33-74(64)89)51-78(70)93(80-49-56(86(5,6)7)48-79(92)83(80)87)82-47-55(4)45-68-66-43-53(2)35-41-76(66)91(85(68)82)58-24-12-9-13-25-58/h8-51H,1-7H3/i14D,15D,16D,17D,18D,19D,20D,21D,26D,27D,28D,29D,30D,31D,32D,33D. The molecule has 2 aliphatic heterocycles. The molecule has 6 heterocycles. The summed E-state index contributed by atoms with van der Waals surface area (Å²) in [7, 11) is 0. The average Bonchev–Trinajstić information content (AvgIpc) is 1.64. The van der Waals surface area contributed by atoms with E-state index in [0.29, 0.717) is 22.7 Å². The SMILES string of the molecule is [2H]c1c([2H])c([2H])c2c(c1[2H])c1c([2H])c([2H])c([2H])c([2H])c1n2-c1ccc2c(c1)N(c1cc(C)cc3c4cc(C)ccc4n(-c4ccccc4)c13)c1cc(C(C)(C)C)cc3c1B2c1ccc(-n2c4c([2H])c([2H])c([2H])c([2H])c4c4c([2H])c([2H])c([2H])c([2H])c42)cc1N3c1cc(C)cc2c3cc(C)ccc3n(-c3ccccc3)c12. The van der Waals surface area contributed by atoms with Gasteiger partial charge in [0.05, 0.1) is 77.4 Å². The second-order valence-electron chi connectivity index (χ2n) is 26.1. The van der Waals surface area contributed by atoms with Crippen molar-refractivity contribution in [2.24, 2.45) is 0 Å². The van der Waals surface area contributed by atoms with Crippen LogP contribution < -0.4 is 26.2 Å². The number of hydrogen-bond donors (Lipinski definition) is 0. The molecule has 2 aliphatic rings. The van der Waals surface area contributed by atoms with Gasteiger partial charge in [-0.05, 0) is 200 Å². The van der Waals surface area contributed by atoms with Gasteiger partial charge in [0.25, 0.3) is 6.71 Å². The molecule has 17 aromatic rings. The number of aromatic nitrogens is 4. The van der Waals surface area contributed by atoms with E-state index < -0.39 is 109 Å². The number of anilines is 6. The number of para-hydroxylation sites is 6. The Bertz CT molecular complexity index is 6490. The molecule has 7 heteroatoms. The number of nitrogens with zero attached hydrogens (tertiary/aromatic N) is 6. The second-order valence-corrected chi connectivity index (χ2v) is 26.1. The fraction of sp³-hybridized carbons (Fsp3) is 0.0930. The summed E-state index contributed by atoms with van der Waals surface area (Å²) in [4.78, 5) is 4.63. The van der Waals surface area contributed by atoms with Gasteiger partial charge in [-0.1, -0.05) is 165 Å². The molecule has 6 nitrogen and oxygen atoms in total. The average molecular weight is 1210 g/mol. The van der Waals surface area contributed by atoms with E-state index in [1.165, 1.54) is 0 Å². The lowest BCUT2D eigenvalue weighted by atomic mass is 9.33. The van der Waals surface area contributed by atoms with E-state index in [4.69, 9.17) is 5.48 Å². The maximum absolute atomic E-state index is 9.77. The zero-order chi connectivity index (χ0) is 76.2. The Hall–Kier alpha value is -11.3. The van der Waals surface area contributed by atoms with Crippen LogP contribution in [0.3, 0.4) is 0 Å². The van der Waals surface area contributed by atoms with Gasteiger partial charge in [0, 0.05) is 88.6 Å². The van der Waals surface area contributed by atoms with Crippen molar-refractivity contribution >= 4 is 144 Å². The minimum atomic E-state index is -0.717. The molecule has 0 saturated carbocycles. The van der Waals surface area contributed by atoms with Crippen LogP contribution in [0.5, 0.6) is 0 Å². The van der Waals surface area contributed by atoms with Crippen molar-refractivity contribution in [3.05, 3.63) is 294 Å². The summed E-state index contributed by atoms with van der Waals surface area (Å²) in [5.41, 5.74) is 17.0. The van der Waals surface area contributed by atoms with E-state index in [-0.39, 0.29) is 43.6 Å². The van der Waals surface area contributed by atoms with Crippen LogP contribution >= 0.6 is 0 Å². The minimum absolute atomic E-state index is 0.0379. The van der Waals surface area contributed by atoms with Crippen molar-refractivity contribution in [3.8, 4) is 22.7 Å². The summed E-state index contributed by atoms with van der Waals surface area (Å²) >= 11 is 0. The van der Waals surface area contributed by atoms with Crippen molar-refractivity contribution in [2.75, 3.05) is 9.80 Å². The monoisotopic (exact) mass is 1210 g/mol. The third-order valence-electron chi connectivity index (χ3n) is 19.3. The highest BCUT2D eigenvalue weighted by Crippen LogP contribution is 2.52. The minimum Gasteiger partial charge on any atom is -0.309 e. The molecule has 0 amide bonds. The van der Waals surface area contributed by atoms with Gasteiger partial charge >= 0.3 is 0 Å². The van der Waals surface area contributed by atoms with E-state index in [9.17, 15) is 16.4 Å². The molecule has 0 bridgehead atoms. The quantitative estimate of drug-likeness (QED) is 0.155. The number of hydrogen-bond acceptors (Lipinski definition) is 2. The highest BCUT2D eigenvalue weighted by atomic mass is 15.2. The molecule has 0 saturated heterocycles. The molecule has 0 fully saturated rings. The summed E-state index contributed by atoms with van der Waals surface area (Å²) in [6, 6.07) is 50.5. The first kappa shape index (κ1) is 39.8. The lowest BCUT2D eigenvalue weighted by molar-refractivity contribution is 0.590. The van der Waals surface area contributed by atoms with Gasteiger partial charge in [-0.3, -0.25) is 0 Å². The number of benzene rings is 13. The van der Waals surface area contributed by atoms with E-state index in [0.717, 1.165) is 122 Å². The Morgan fingerprint density at radius 3 is 1.06 bits per heavy atom. The lowest BCUT2D eigenvalue weighted by Gasteiger charge is -2.45. The van der Waals surface area contributed by atoms with Crippen LogP contribution in [0.4, 0.5) is 34.1 Å². The Labute approximate surface area is 563 Å². The topological polar surface area (TPSA) is 26.2 Å². The largest absolute Gasteiger partial charge is 0.309 e. The maximum atomic E-state index is 9.77. The predicted molar refractivity (Wildman–Crippen MR) is 395 cm³/mol. The summed E-state index contributed by atoms with van der Waals surface area (Å²) in [6.07, 6.45) is 0. The molecule has 4 aromatic heterocycles. The van der Waals surface area contributed by atoms with Gasteiger partial charge in [0.1, 0.15) is 0 Å². The Morgan fingerprint density at radius 2 is 0.677 bits per heavy atom. The third-order valence-corrected chi connectivity index (χ3v) is 19.3. The van der Waals surface area contributed by atoms with Crippen molar-refractivity contribution in [2.45, 2.75) is 53.9 Å². The Morgan fingerprint density at radius 1 is 0.301 bits per heavy atom. The molecular weight excluding hydrogens is 1130 g/mol. The van der Waals surface area contributed by atoms with E-state index in [2.05, 4.69) is 164 Å². The normalized spacial score (nSPS) is 15.5. The van der Waals surface area contributed by atoms with E-state index in [1.54, 1.807) is 9.13 Å². The molecule has 442 valence electrons. The van der Waals surface area contributed by atoms with Gasteiger partial charge < -0.3 is 28.1 Å². The predicted octanol–water partition coefficient (Wildman–Crippen LogP) is 20.7. The molecule has 13 aromatic carbocycles. The van der Waals surface area contributed by atoms with Gasteiger partial charge in [0.15, 0.2) is 0 Å². The fourth-order valence-corrected chi connectivity index (χ4v) is 15.3. The summed E-state index contributed by atoms with van der Waals surface area (Å²) in [6.45, 7) is 14.2. The van der Waals surface area contributed by atoms with Crippen molar-refractivity contribution < 1.29 is 21.9 Å². The smallest absolute Gasteiger partial charge is 0.252 e. The first-order chi connectivity index (χ1) is 52.1. The molecule has 0 aliphatic carbocycles. The lowest BCUT2D eigenvalue weighted by Crippen LogP contribution is -2.61. The van der Waals surface area contributed by atoms with Crippen LogP contribution in [-0.4, -0.2) is 25.0 Å². The molecule has 0 unspecified atom stereocenters. The zero-order valence-corrected chi connectivity index (χ0v) is 51.9. The fourth-order valence-electron chi connectivity index (χ4n) is 15.3.